The number of carbonyl (C=O) groups excluding carboxylic acids is 2. The Bertz CT molecular complexity index is 874. The van der Waals surface area contributed by atoms with Crippen LogP contribution in [-0.4, -0.2) is 33.9 Å². The molecule has 2 N–H and O–H groups in total. The average molecular weight is 362 g/mol. The molecule has 1 amide bonds. The van der Waals surface area contributed by atoms with Crippen molar-refractivity contribution < 1.29 is 22.7 Å². The number of anilines is 1. The number of ether oxygens (including phenoxy) is 1. The molecule has 0 spiro atoms. The van der Waals surface area contributed by atoms with Crippen LogP contribution in [0.2, 0.25) is 0 Å². The first kappa shape index (κ1) is 18.5. The molecular weight excluding hydrogens is 344 g/mol. The largest absolute Gasteiger partial charge is 0.452 e. The molecule has 0 heterocycles. The number of nitrogens with zero attached hydrogens (tertiary/aromatic N) is 1. The maximum atomic E-state index is 12.6. The molecule has 7 nitrogen and oxygen atoms in total. The summed E-state index contributed by atoms with van der Waals surface area (Å²) in [4.78, 5) is 22.5. The molecule has 0 saturated carbocycles. The summed E-state index contributed by atoms with van der Waals surface area (Å²) in [7, 11) is -2.28. The van der Waals surface area contributed by atoms with Crippen LogP contribution in [0.25, 0.3) is 0 Å². The second kappa shape index (κ2) is 7.35. The van der Waals surface area contributed by atoms with Crippen LogP contribution in [0.1, 0.15) is 15.9 Å². The van der Waals surface area contributed by atoms with Gasteiger partial charge in [-0.1, -0.05) is 17.7 Å². The van der Waals surface area contributed by atoms with E-state index in [1.807, 2.05) is 6.92 Å². The van der Waals surface area contributed by atoms with Crippen LogP contribution < -0.4 is 10.0 Å². The zero-order valence-corrected chi connectivity index (χ0v) is 14.6. The van der Waals surface area contributed by atoms with E-state index in [9.17, 15) is 18.0 Å². The molecule has 2 aromatic carbocycles. The Morgan fingerprint density at radius 2 is 1.60 bits per heavy atom. The number of sulfonamides is 1. The minimum absolute atomic E-state index is 0.172. The molecule has 0 aliphatic heterocycles. The molecule has 8 heteroatoms. The minimum Gasteiger partial charge on any atom is -0.452 e. The van der Waals surface area contributed by atoms with Gasteiger partial charge in [0.2, 0.25) is 0 Å². The Morgan fingerprint density at radius 3 is 2.12 bits per heavy atom. The van der Waals surface area contributed by atoms with Crippen molar-refractivity contribution in [2.24, 2.45) is 5.73 Å². The van der Waals surface area contributed by atoms with Gasteiger partial charge >= 0.3 is 5.97 Å². The number of carbonyl (C=O) groups is 2. The van der Waals surface area contributed by atoms with E-state index < -0.39 is 28.5 Å². The zero-order chi connectivity index (χ0) is 18.6. The number of hydrogen-bond acceptors (Lipinski definition) is 5. The van der Waals surface area contributed by atoms with Gasteiger partial charge in [0.05, 0.1) is 16.1 Å². The lowest BCUT2D eigenvalue weighted by molar-refractivity contribution is -0.121. The van der Waals surface area contributed by atoms with Gasteiger partial charge in [0.25, 0.3) is 15.9 Å². The van der Waals surface area contributed by atoms with Crippen molar-refractivity contribution in [3.05, 3.63) is 59.7 Å². The summed E-state index contributed by atoms with van der Waals surface area (Å²) in [6, 6.07) is 12.3. The average Bonchev–Trinajstić information content (AvgIpc) is 2.59. The quantitative estimate of drug-likeness (QED) is 0.783. The smallest absolute Gasteiger partial charge is 0.338 e. The molecule has 0 saturated heterocycles. The van der Waals surface area contributed by atoms with Gasteiger partial charge in [-0.25, -0.2) is 13.2 Å². The van der Waals surface area contributed by atoms with Crippen molar-refractivity contribution in [1.82, 2.24) is 0 Å². The van der Waals surface area contributed by atoms with E-state index in [-0.39, 0.29) is 10.5 Å². The van der Waals surface area contributed by atoms with Crippen molar-refractivity contribution >= 4 is 27.6 Å². The van der Waals surface area contributed by atoms with Crippen LogP contribution in [-0.2, 0) is 19.6 Å². The number of amides is 1. The highest BCUT2D eigenvalue weighted by Gasteiger charge is 2.21. The number of esters is 1. The molecule has 2 aromatic rings. The van der Waals surface area contributed by atoms with E-state index in [4.69, 9.17) is 10.5 Å². The predicted octanol–water partition coefficient (Wildman–Crippen LogP) is 1.46. The number of benzene rings is 2. The van der Waals surface area contributed by atoms with Crippen molar-refractivity contribution in [2.75, 3.05) is 18.0 Å². The van der Waals surface area contributed by atoms with Crippen LogP contribution in [0, 0.1) is 6.92 Å². The molecule has 25 heavy (non-hydrogen) atoms. The first-order chi connectivity index (χ1) is 11.7. The number of nitrogens with two attached hydrogens (primary N) is 1. The first-order valence-corrected chi connectivity index (χ1v) is 8.77. The second-order valence-corrected chi connectivity index (χ2v) is 7.34. The van der Waals surface area contributed by atoms with E-state index in [2.05, 4.69) is 0 Å². The van der Waals surface area contributed by atoms with E-state index in [0.29, 0.717) is 5.69 Å². The fourth-order valence-corrected chi connectivity index (χ4v) is 3.23. The summed E-state index contributed by atoms with van der Waals surface area (Å²) in [5, 5.41) is 0. The Labute approximate surface area is 146 Å². The zero-order valence-electron chi connectivity index (χ0n) is 13.8. The lowest BCUT2D eigenvalue weighted by Gasteiger charge is -2.19. The van der Waals surface area contributed by atoms with Gasteiger partial charge in [0, 0.05) is 7.05 Å². The summed E-state index contributed by atoms with van der Waals surface area (Å²) in [6.07, 6.45) is 0. The van der Waals surface area contributed by atoms with Crippen molar-refractivity contribution in [2.45, 2.75) is 11.8 Å². The third kappa shape index (κ3) is 4.36. The highest BCUT2D eigenvalue weighted by Crippen LogP contribution is 2.22. The highest BCUT2D eigenvalue weighted by atomic mass is 32.2. The Hall–Kier alpha value is -2.87. The van der Waals surface area contributed by atoms with Crippen LogP contribution in [0.5, 0.6) is 0 Å². The fourth-order valence-electron chi connectivity index (χ4n) is 2.03. The normalized spacial score (nSPS) is 11.0. The Kier molecular flexibility index (Phi) is 5.43. The topological polar surface area (TPSA) is 107 Å². The van der Waals surface area contributed by atoms with Gasteiger partial charge in [-0.05, 0) is 43.3 Å². The van der Waals surface area contributed by atoms with Crippen molar-refractivity contribution in [3.8, 4) is 0 Å². The molecule has 0 fully saturated rings. The summed E-state index contributed by atoms with van der Waals surface area (Å²) >= 11 is 0. The van der Waals surface area contributed by atoms with Crippen LogP contribution >= 0.6 is 0 Å². The van der Waals surface area contributed by atoms with Gasteiger partial charge in [-0.3, -0.25) is 9.10 Å². The number of primary amides is 1. The van der Waals surface area contributed by atoms with Crippen LogP contribution in [0.3, 0.4) is 0 Å². The summed E-state index contributed by atoms with van der Waals surface area (Å²) < 4.78 is 31.1. The molecule has 2 rings (SSSR count). The summed E-state index contributed by atoms with van der Waals surface area (Å²) in [5.41, 5.74) is 6.43. The van der Waals surface area contributed by atoms with Crippen molar-refractivity contribution in [1.29, 1.82) is 0 Å². The summed E-state index contributed by atoms with van der Waals surface area (Å²) in [6.45, 7) is 1.36. The monoisotopic (exact) mass is 362 g/mol. The molecule has 0 aliphatic carbocycles. The van der Waals surface area contributed by atoms with E-state index in [1.165, 1.54) is 43.4 Å². The molecule has 0 bridgehead atoms. The van der Waals surface area contributed by atoms with Gasteiger partial charge in [-0.2, -0.15) is 0 Å². The fraction of sp³-hybridized carbons (Fsp3) is 0.176. The van der Waals surface area contributed by atoms with Crippen LogP contribution in [0.4, 0.5) is 5.69 Å². The van der Waals surface area contributed by atoms with E-state index >= 15 is 0 Å². The summed E-state index contributed by atoms with van der Waals surface area (Å²) in [5.74, 6) is -1.47. The highest BCUT2D eigenvalue weighted by molar-refractivity contribution is 7.92. The van der Waals surface area contributed by atoms with Gasteiger partial charge in [-0.15, -0.1) is 0 Å². The SMILES string of the molecule is Cc1ccc(S(=O)(=O)N(C)c2ccc(C(=O)OCC(N)=O)cc2)cc1. The lowest BCUT2D eigenvalue weighted by atomic mass is 10.2. The number of hydrogen-bond donors (Lipinski definition) is 1. The standard InChI is InChI=1S/C17H18N2O5S/c1-12-3-9-15(10-4-12)25(22,23)19(2)14-7-5-13(6-8-14)17(21)24-11-16(18)20/h3-10H,11H2,1-2H3,(H2,18,20). The molecule has 0 aliphatic rings. The third-order valence-corrected chi connectivity index (χ3v) is 5.29. The maximum absolute atomic E-state index is 12.6. The molecule has 0 atom stereocenters. The van der Waals surface area contributed by atoms with Crippen molar-refractivity contribution in [3.63, 3.8) is 0 Å². The Morgan fingerprint density at radius 1 is 1.04 bits per heavy atom. The minimum atomic E-state index is -3.71. The molecule has 0 radical (unpaired) electrons. The third-order valence-electron chi connectivity index (χ3n) is 3.49. The number of aryl methyl sites for hydroxylation is 1. The maximum Gasteiger partial charge on any atom is 0.338 e. The first-order valence-electron chi connectivity index (χ1n) is 7.33. The van der Waals surface area contributed by atoms with Gasteiger partial charge < -0.3 is 10.5 Å². The molecule has 132 valence electrons. The van der Waals surface area contributed by atoms with Crippen LogP contribution in [0.15, 0.2) is 53.4 Å². The second-order valence-electron chi connectivity index (χ2n) is 5.37. The lowest BCUT2D eigenvalue weighted by Crippen LogP contribution is -2.26. The molecule has 0 aromatic heterocycles. The molecular formula is C17H18N2O5S. The van der Waals surface area contributed by atoms with E-state index in [0.717, 1.165) is 9.87 Å². The van der Waals surface area contributed by atoms with Gasteiger partial charge in [0.15, 0.2) is 6.61 Å². The number of rotatable bonds is 6. The van der Waals surface area contributed by atoms with Gasteiger partial charge in [0.1, 0.15) is 0 Å². The Balaban J connectivity index is 2.19. The predicted molar refractivity (Wildman–Crippen MR) is 92.7 cm³/mol. The van der Waals surface area contributed by atoms with E-state index in [1.54, 1.807) is 12.1 Å². The molecule has 0 unspecified atom stereocenters.